The summed E-state index contributed by atoms with van der Waals surface area (Å²) in [5.41, 5.74) is -2.08. The van der Waals surface area contributed by atoms with Gasteiger partial charge in [-0.15, -0.1) is 0 Å². The fourth-order valence-electron chi connectivity index (χ4n) is 4.74. The molecular formula is C23H21Cl2N3O11. The van der Waals surface area contributed by atoms with Crippen molar-refractivity contribution in [3.63, 3.8) is 0 Å². The first-order chi connectivity index (χ1) is 18.5. The molecule has 2 aliphatic rings. The average molecular weight is 586 g/mol. The third kappa shape index (κ3) is 5.98. The van der Waals surface area contributed by atoms with Crippen LogP contribution in [-0.2, 0) is 4.74 Å². The minimum absolute atomic E-state index is 0.0220. The molecule has 39 heavy (non-hydrogen) atoms. The summed E-state index contributed by atoms with van der Waals surface area (Å²) in [6, 6.07) is 3.16. The summed E-state index contributed by atoms with van der Waals surface area (Å²) in [4.78, 5) is 46.2. The number of hydrogen-bond donors (Lipinski definition) is 2. The molecule has 2 N–H and O–H groups in total. The molecule has 2 fully saturated rings. The fourth-order valence-corrected chi connectivity index (χ4v) is 5.20. The quantitative estimate of drug-likeness (QED) is 0.286. The number of aromatic carboxylic acids is 2. The summed E-state index contributed by atoms with van der Waals surface area (Å²) >= 11 is 12.3. The first-order valence-corrected chi connectivity index (χ1v) is 12.3. The van der Waals surface area contributed by atoms with Gasteiger partial charge in [0.25, 0.3) is 11.4 Å². The van der Waals surface area contributed by atoms with Gasteiger partial charge >= 0.3 is 11.9 Å². The largest absolute Gasteiger partial charge is 0.490 e. The van der Waals surface area contributed by atoms with Gasteiger partial charge in [-0.3, -0.25) is 25.1 Å². The molecule has 2 saturated heterocycles. The van der Waals surface area contributed by atoms with Crippen LogP contribution in [0.2, 0.25) is 10.0 Å². The molecule has 0 amide bonds. The van der Waals surface area contributed by atoms with E-state index >= 15 is 0 Å². The van der Waals surface area contributed by atoms with Crippen LogP contribution < -0.4 is 9.47 Å². The van der Waals surface area contributed by atoms with Gasteiger partial charge in [-0.2, -0.15) is 0 Å². The number of morpholine rings is 1. The molecule has 0 saturated carbocycles. The first kappa shape index (κ1) is 28.3. The zero-order valence-electron chi connectivity index (χ0n) is 20.0. The van der Waals surface area contributed by atoms with Crippen molar-refractivity contribution in [2.24, 2.45) is 0 Å². The molecule has 2 unspecified atom stereocenters. The van der Waals surface area contributed by atoms with E-state index in [1.165, 1.54) is 0 Å². The number of nitro benzene ring substituents is 2. The second kappa shape index (κ2) is 11.6. The predicted octanol–water partition coefficient (Wildman–Crippen LogP) is 3.90. The molecule has 0 aliphatic carbocycles. The van der Waals surface area contributed by atoms with Crippen molar-refractivity contribution in [2.75, 3.05) is 26.4 Å². The van der Waals surface area contributed by atoms with Crippen molar-refractivity contribution < 1.29 is 43.9 Å². The van der Waals surface area contributed by atoms with E-state index in [0.29, 0.717) is 13.2 Å². The monoisotopic (exact) mass is 585 g/mol. The molecule has 0 radical (unpaired) electrons. The molecule has 0 spiro atoms. The van der Waals surface area contributed by atoms with E-state index < -0.39 is 50.3 Å². The van der Waals surface area contributed by atoms with Gasteiger partial charge in [-0.05, 0) is 25.0 Å². The Hall–Kier alpha value is -3.72. The molecule has 16 heteroatoms. The fraction of sp³-hybridized carbons (Fsp3) is 0.391. The van der Waals surface area contributed by atoms with E-state index in [-0.39, 0.29) is 46.8 Å². The zero-order valence-corrected chi connectivity index (χ0v) is 21.5. The van der Waals surface area contributed by atoms with Gasteiger partial charge in [-0.1, -0.05) is 23.2 Å². The summed E-state index contributed by atoms with van der Waals surface area (Å²) in [6.07, 6.45) is 1.62. The number of benzene rings is 2. The molecule has 14 nitrogen and oxygen atoms in total. The van der Waals surface area contributed by atoms with E-state index in [4.69, 9.17) is 37.4 Å². The second-order valence-corrected chi connectivity index (χ2v) is 9.64. The molecule has 2 aliphatic heterocycles. The van der Waals surface area contributed by atoms with Gasteiger partial charge < -0.3 is 24.4 Å². The highest BCUT2D eigenvalue weighted by Crippen LogP contribution is 2.38. The van der Waals surface area contributed by atoms with Crippen LogP contribution in [0.25, 0.3) is 0 Å². The lowest BCUT2D eigenvalue weighted by atomic mass is 10.1. The van der Waals surface area contributed by atoms with Crippen LogP contribution in [0.4, 0.5) is 11.4 Å². The molecule has 4 rings (SSSR count). The Bertz CT molecular complexity index is 1240. The number of rotatable bonds is 11. The number of ether oxygens (including phenoxy) is 3. The Morgan fingerprint density at radius 3 is 1.67 bits per heavy atom. The third-order valence-electron chi connectivity index (χ3n) is 6.51. The van der Waals surface area contributed by atoms with Gasteiger partial charge in [0.15, 0.2) is 10.0 Å². The second-order valence-electron chi connectivity index (χ2n) is 8.89. The number of hydrogen-bond acceptors (Lipinski definition) is 10. The van der Waals surface area contributed by atoms with Crippen molar-refractivity contribution >= 4 is 46.5 Å². The van der Waals surface area contributed by atoms with Crippen LogP contribution in [-0.4, -0.2) is 81.5 Å². The van der Waals surface area contributed by atoms with Crippen LogP contribution in [0.5, 0.6) is 11.5 Å². The molecule has 208 valence electrons. The topological polar surface area (TPSA) is 192 Å². The third-order valence-corrected chi connectivity index (χ3v) is 7.27. The highest BCUT2D eigenvalue weighted by atomic mass is 35.5. The van der Waals surface area contributed by atoms with Gasteiger partial charge in [0.05, 0.1) is 40.2 Å². The maximum atomic E-state index is 11.5. The molecule has 2 bridgehead atoms. The summed E-state index contributed by atoms with van der Waals surface area (Å²) in [5.74, 6) is -3.29. The van der Waals surface area contributed by atoms with Gasteiger partial charge in [0.1, 0.15) is 24.7 Å². The van der Waals surface area contributed by atoms with E-state index in [9.17, 15) is 40.0 Å². The summed E-state index contributed by atoms with van der Waals surface area (Å²) in [6.45, 7) is 0.499. The molecule has 2 heterocycles. The lowest BCUT2D eigenvalue weighted by molar-refractivity contribution is -0.384. The van der Waals surface area contributed by atoms with Crippen molar-refractivity contribution in [1.82, 2.24) is 4.90 Å². The van der Waals surface area contributed by atoms with Crippen molar-refractivity contribution in [1.29, 1.82) is 0 Å². The van der Waals surface area contributed by atoms with E-state index in [0.717, 1.165) is 37.1 Å². The van der Waals surface area contributed by atoms with Crippen molar-refractivity contribution in [3.05, 3.63) is 65.7 Å². The van der Waals surface area contributed by atoms with E-state index in [1.807, 2.05) is 0 Å². The molecule has 2 aromatic rings. The summed E-state index contributed by atoms with van der Waals surface area (Å²) in [7, 11) is 0. The Balaban J connectivity index is 1.64. The SMILES string of the molecule is O=C(O)c1cc(OCC(COc2cc(C(=O)O)cc([N+](=O)[O-])c2Cl)N2C3CCC2COC3)c(Cl)c([N+](=O)[O-])c1. The maximum absolute atomic E-state index is 11.5. The summed E-state index contributed by atoms with van der Waals surface area (Å²) < 4.78 is 17.2. The molecule has 2 aromatic carbocycles. The lowest BCUT2D eigenvalue weighted by Gasteiger charge is -2.40. The zero-order chi connectivity index (χ0) is 28.4. The number of carboxylic acid groups (broad SMARTS) is 2. The smallest absolute Gasteiger partial charge is 0.336 e. The van der Waals surface area contributed by atoms with Crippen molar-refractivity contribution in [3.8, 4) is 11.5 Å². The highest BCUT2D eigenvalue weighted by Gasteiger charge is 2.42. The van der Waals surface area contributed by atoms with Crippen LogP contribution in [0.1, 0.15) is 33.6 Å². The van der Waals surface area contributed by atoms with E-state index in [2.05, 4.69) is 4.90 Å². The number of nitrogens with zero attached hydrogens (tertiary/aromatic N) is 3. The number of carboxylic acids is 2. The van der Waals surface area contributed by atoms with Crippen molar-refractivity contribution in [2.45, 2.75) is 31.0 Å². The summed E-state index contributed by atoms with van der Waals surface area (Å²) in [5, 5.41) is 40.7. The van der Waals surface area contributed by atoms with Crippen LogP contribution in [0, 0.1) is 20.2 Å². The Morgan fingerprint density at radius 2 is 1.31 bits per heavy atom. The Kier molecular flexibility index (Phi) is 8.39. The molecular weight excluding hydrogens is 565 g/mol. The van der Waals surface area contributed by atoms with E-state index in [1.54, 1.807) is 0 Å². The van der Waals surface area contributed by atoms with Gasteiger partial charge in [0.2, 0.25) is 0 Å². The molecule has 0 aromatic heterocycles. The minimum atomic E-state index is -1.42. The number of halogens is 2. The Morgan fingerprint density at radius 1 is 0.897 bits per heavy atom. The number of fused-ring (bicyclic) bond motifs is 2. The molecule has 2 atom stereocenters. The highest BCUT2D eigenvalue weighted by molar-refractivity contribution is 6.34. The maximum Gasteiger partial charge on any atom is 0.336 e. The lowest BCUT2D eigenvalue weighted by Crippen LogP contribution is -2.55. The van der Waals surface area contributed by atoms with Crippen LogP contribution >= 0.6 is 23.2 Å². The number of carbonyl (C=O) groups is 2. The van der Waals surface area contributed by atoms with Gasteiger partial charge in [0, 0.05) is 24.2 Å². The average Bonchev–Trinajstić information content (AvgIpc) is 3.11. The standard InChI is InChI=1S/C23H21Cl2N3O11/c24-20-16(27(33)34)3-11(22(29)30)5-18(20)38-9-15(26-13-1-2-14(26)8-37-7-13)10-39-19-6-12(23(31)32)4-17(21(19)25)28(35)36/h3-6,13-15H,1-2,7-10H2,(H,29,30)(H,31,32). The predicted molar refractivity (Wildman–Crippen MR) is 134 cm³/mol. The normalized spacial score (nSPS) is 18.6. The Labute approximate surface area is 229 Å². The van der Waals surface area contributed by atoms with Crippen LogP contribution in [0.15, 0.2) is 24.3 Å². The number of nitro groups is 2. The van der Waals surface area contributed by atoms with Gasteiger partial charge in [-0.25, -0.2) is 9.59 Å². The first-order valence-electron chi connectivity index (χ1n) is 11.5. The van der Waals surface area contributed by atoms with Crippen LogP contribution in [0.3, 0.4) is 0 Å². The minimum Gasteiger partial charge on any atom is -0.490 e.